The van der Waals surface area contributed by atoms with Crippen LogP contribution in [0.15, 0.2) is 129 Å². The van der Waals surface area contributed by atoms with E-state index in [2.05, 4.69) is 152 Å². The van der Waals surface area contributed by atoms with Gasteiger partial charge in [-0.2, -0.15) is 4.57 Å². The molecule has 0 aliphatic carbocycles. The van der Waals surface area contributed by atoms with Crippen LogP contribution in [0.2, 0.25) is 0 Å². The largest absolute Gasteiger partial charge is 0.311 e. The summed E-state index contributed by atoms with van der Waals surface area (Å²) in [6.07, 6.45) is 5.89. The maximum absolute atomic E-state index is 3.90. The molecule has 0 aliphatic rings. The Morgan fingerprint density at radius 1 is 0.658 bits per heavy atom. The van der Waals surface area contributed by atoms with Gasteiger partial charge in [-0.15, -0.1) is 0 Å². The van der Waals surface area contributed by atoms with Gasteiger partial charge >= 0.3 is 0 Å². The van der Waals surface area contributed by atoms with E-state index in [0.717, 1.165) is 34.7 Å². The van der Waals surface area contributed by atoms with Crippen LogP contribution in [0.3, 0.4) is 0 Å². The van der Waals surface area contributed by atoms with E-state index in [9.17, 15) is 0 Å². The third-order valence-electron chi connectivity index (χ3n) is 7.03. The Morgan fingerprint density at radius 3 is 1.71 bits per heavy atom. The fraction of sp³-hybridized carbons (Fsp3) is 0.0833. The summed E-state index contributed by atoms with van der Waals surface area (Å²) < 4.78 is 2.29. The Labute approximate surface area is 226 Å². The molecule has 0 radical (unpaired) electrons. The smallest absolute Gasteiger partial charge is 0.212 e. The molecule has 0 bridgehead atoms. The summed E-state index contributed by atoms with van der Waals surface area (Å²) in [7, 11) is 0. The molecule has 0 saturated carbocycles. The van der Waals surface area contributed by atoms with Crippen LogP contribution in [0, 0.1) is 6.92 Å². The molecule has 0 unspecified atom stereocenters. The summed E-state index contributed by atoms with van der Waals surface area (Å²) in [5, 5.41) is 0. The van der Waals surface area contributed by atoms with Gasteiger partial charge < -0.3 is 4.90 Å². The number of hydrogen-bond donors (Lipinski definition) is 0. The van der Waals surface area contributed by atoms with Crippen molar-refractivity contribution in [2.75, 3.05) is 4.90 Å². The summed E-state index contributed by atoms with van der Waals surface area (Å²) >= 11 is 0. The lowest BCUT2D eigenvalue weighted by atomic mass is 9.97. The van der Waals surface area contributed by atoms with E-state index in [1.165, 1.54) is 27.9 Å². The average molecular weight is 494 g/mol. The highest BCUT2D eigenvalue weighted by atomic mass is 15.1. The highest BCUT2D eigenvalue weighted by molar-refractivity contribution is 5.80. The van der Waals surface area contributed by atoms with Gasteiger partial charge in [-0.3, -0.25) is 0 Å². The molecule has 0 N–H and O–H groups in total. The highest BCUT2D eigenvalue weighted by Gasteiger charge is 2.16. The molecule has 2 nitrogen and oxygen atoms in total. The molecule has 0 amide bonds. The van der Waals surface area contributed by atoms with Gasteiger partial charge in [0.05, 0.1) is 0 Å². The SMILES string of the molecule is C=Cc1ccc(N(c2ccc(C=C)cc2)c2ccc(-c3ccc(C)c(-c4cccc[n+]4CC)c3)cc2)cc1. The summed E-state index contributed by atoms with van der Waals surface area (Å²) in [6.45, 7) is 13.1. The standard InChI is InChI=1S/C36H33N2/c1-5-28-12-19-32(20-13-28)38(33-21-14-29(6-2)15-22-33)34-23-17-30(18-24-34)31-16-11-27(4)35(26-31)36-10-8-9-25-37(36)7-3/h5-6,8-26H,1-2,7H2,3-4H3/q+1. The number of aromatic nitrogens is 1. The topological polar surface area (TPSA) is 7.12 Å². The first-order chi connectivity index (χ1) is 18.6. The maximum Gasteiger partial charge on any atom is 0.212 e. The number of benzene rings is 4. The molecule has 1 aromatic heterocycles. The first kappa shape index (κ1) is 25.0. The molecular formula is C36H33N2+. The second-order valence-corrected chi connectivity index (χ2v) is 9.38. The Hall–Kier alpha value is -4.69. The van der Waals surface area contributed by atoms with Crippen LogP contribution in [0.1, 0.15) is 23.6 Å². The van der Waals surface area contributed by atoms with Crippen molar-refractivity contribution in [1.29, 1.82) is 0 Å². The van der Waals surface area contributed by atoms with Gasteiger partial charge in [-0.1, -0.05) is 73.8 Å². The second-order valence-electron chi connectivity index (χ2n) is 9.38. The second kappa shape index (κ2) is 11.1. The summed E-state index contributed by atoms with van der Waals surface area (Å²) in [4.78, 5) is 2.28. The molecule has 4 aromatic carbocycles. The zero-order valence-electron chi connectivity index (χ0n) is 22.1. The van der Waals surface area contributed by atoms with E-state index >= 15 is 0 Å². The molecule has 5 rings (SSSR count). The molecule has 5 aromatic rings. The minimum Gasteiger partial charge on any atom is -0.311 e. The van der Waals surface area contributed by atoms with Gasteiger partial charge in [0.15, 0.2) is 6.20 Å². The van der Waals surface area contributed by atoms with Crippen molar-refractivity contribution in [3.63, 3.8) is 0 Å². The van der Waals surface area contributed by atoms with Crippen LogP contribution in [0.4, 0.5) is 17.1 Å². The first-order valence-electron chi connectivity index (χ1n) is 13.1. The Morgan fingerprint density at radius 2 is 1.18 bits per heavy atom. The van der Waals surface area contributed by atoms with Crippen molar-refractivity contribution in [2.45, 2.75) is 20.4 Å². The molecule has 0 aliphatic heterocycles. The van der Waals surface area contributed by atoms with Crippen LogP contribution in [-0.2, 0) is 6.54 Å². The third kappa shape index (κ3) is 5.07. The first-order valence-corrected chi connectivity index (χ1v) is 13.1. The van der Waals surface area contributed by atoms with E-state index in [4.69, 9.17) is 0 Å². The predicted molar refractivity (Wildman–Crippen MR) is 163 cm³/mol. The molecule has 2 heteroatoms. The van der Waals surface area contributed by atoms with Gasteiger partial charge in [0.2, 0.25) is 5.69 Å². The van der Waals surface area contributed by atoms with E-state index < -0.39 is 0 Å². The predicted octanol–water partition coefficient (Wildman–Crippen LogP) is 9.39. The number of hydrogen-bond acceptors (Lipinski definition) is 1. The lowest BCUT2D eigenvalue weighted by molar-refractivity contribution is -0.682. The average Bonchev–Trinajstić information content (AvgIpc) is 2.98. The number of rotatable bonds is 8. The molecule has 38 heavy (non-hydrogen) atoms. The fourth-order valence-electron chi connectivity index (χ4n) is 4.84. The molecule has 0 fully saturated rings. The lowest BCUT2D eigenvalue weighted by Gasteiger charge is -2.26. The van der Waals surface area contributed by atoms with Crippen molar-refractivity contribution in [3.8, 4) is 22.4 Å². The zero-order chi connectivity index (χ0) is 26.5. The molecule has 0 atom stereocenters. The van der Waals surface area contributed by atoms with Crippen LogP contribution in [0.25, 0.3) is 34.5 Å². The molecular weight excluding hydrogens is 460 g/mol. The molecule has 0 spiro atoms. The monoisotopic (exact) mass is 493 g/mol. The summed E-state index contributed by atoms with van der Waals surface area (Å²) in [5.41, 5.74) is 11.7. The highest BCUT2D eigenvalue weighted by Crippen LogP contribution is 2.36. The van der Waals surface area contributed by atoms with Gasteiger partial charge in [0.1, 0.15) is 6.54 Å². The summed E-state index contributed by atoms with van der Waals surface area (Å²) in [5.74, 6) is 0. The van der Waals surface area contributed by atoms with Crippen molar-refractivity contribution in [2.24, 2.45) is 0 Å². The normalized spacial score (nSPS) is 10.7. The van der Waals surface area contributed by atoms with Gasteiger partial charge in [0, 0.05) is 34.8 Å². The maximum atomic E-state index is 3.90. The quantitative estimate of drug-likeness (QED) is 0.195. The van der Waals surface area contributed by atoms with Crippen LogP contribution >= 0.6 is 0 Å². The third-order valence-corrected chi connectivity index (χ3v) is 7.03. The van der Waals surface area contributed by atoms with Crippen LogP contribution in [-0.4, -0.2) is 0 Å². The number of nitrogens with zero attached hydrogens (tertiary/aromatic N) is 2. The van der Waals surface area contributed by atoms with E-state index in [-0.39, 0.29) is 0 Å². The fourth-order valence-corrected chi connectivity index (χ4v) is 4.84. The van der Waals surface area contributed by atoms with E-state index in [0.29, 0.717) is 0 Å². The Bertz CT molecular complexity index is 1510. The van der Waals surface area contributed by atoms with Crippen LogP contribution in [0.5, 0.6) is 0 Å². The minimum absolute atomic E-state index is 0.936. The van der Waals surface area contributed by atoms with Crippen molar-refractivity contribution < 1.29 is 4.57 Å². The van der Waals surface area contributed by atoms with Gasteiger partial charge in [0.25, 0.3) is 0 Å². The molecule has 186 valence electrons. The van der Waals surface area contributed by atoms with E-state index in [1.807, 2.05) is 12.2 Å². The Kier molecular flexibility index (Phi) is 7.33. The van der Waals surface area contributed by atoms with Crippen molar-refractivity contribution in [3.05, 3.63) is 145 Å². The molecule has 1 heterocycles. The number of aryl methyl sites for hydroxylation is 2. The zero-order valence-corrected chi connectivity index (χ0v) is 22.1. The minimum atomic E-state index is 0.936. The van der Waals surface area contributed by atoms with Gasteiger partial charge in [-0.05, 0) is 90.2 Å². The lowest BCUT2D eigenvalue weighted by Crippen LogP contribution is -2.34. The number of anilines is 3. The summed E-state index contributed by atoms with van der Waals surface area (Å²) in [6, 6.07) is 38.9. The number of pyridine rings is 1. The molecule has 0 saturated heterocycles. The Balaban J connectivity index is 1.54. The van der Waals surface area contributed by atoms with Crippen molar-refractivity contribution >= 4 is 29.2 Å². The van der Waals surface area contributed by atoms with Gasteiger partial charge in [-0.25, -0.2) is 0 Å². The van der Waals surface area contributed by atoms with E-state index in [1.54, 1.807) is 0 Å². The van der Waals surface area contributed by atoms with Crippen molar-refractivity contribution in [1.82, 2.24) is 0 Å². The van der Waals surface area contributed by atoms with Crippen LogP contribution < -0.4 is 9.47 Å².